The first-order valence-corrected chi connectivity index (χ1v) is 6.89. The van der Waals surface area contributed by atoms with Gasteiger partial charge in [-0.2, -0.15) is 0 Å². The number of ether oxygens (including phenoxy) is 2. The number of hydrogen-bond donors (Lipinski definition) is 0. The van der Waals surface area contributed by atoms with Gasteiger partial charge in [-0.05, 0) is 33.1 Å². The van der Waals surface area contributed by atoms with E-state index in [9.17, 15) is 14.4 Å². The highest BCUT2D eigenvalue weighted by Gasteiger charge is 2.53. The number of esters is 2. The molecule has 1 rings (SSSR count). The second-order valence-corrected chi connectivity index (χ2v) is 4.80. The van der Waals surface area contributed by atoms with Crippen molar-refractivity contribution in [1.82, 2.24) is 0 Å². The molecule has 5 heteroatoms. The zero-order valence-corrected chi connectivity index (χ0v) is 11.9. The molecule has 0 amide bonds. The van der Waals surface area contributed by atoms with Gasteiger partial charge in [0.1, 0.15) is 5.78 Å². The minimum absolute atomic E-state index is 0.117. The van der Waals surface area contributed by atoms with Crippen molar-refractivity contribution in [2.45, 2.75) is 46.5 Å². The fraction of sp³-hybridized carbons (Fsp3) is 0.786. The molecule has 0 aromatic heterocycles. The lowest BCUT2D eigenvalue weighted by Gasteiger charge is -2.35. The molecule has 0 N–H and O–H groups in total. The Kier molecular flexibility index (Phi) is 5.51. The lowest BCUT2D eigenvalue weighted by Crippen LogP contribution is -2.47. The molecule has 1 atom stereocenters. The number of carbonyl (C=O) groups excluding carboxylic acids is 3. The Morgan fingerprint density at radius 1 is 1.16 bits per heavy atom. The van der Waals surface area contributed by atoms with Crippen LogP contribution in [0.2, 0.25) is 0 Å². The number of rotatable bonds is 5. The van der Waals surface area contributed by atoms with Gasteiger partial charge in [-0.1, -0.05) is 6.92 Å². The van der Waals surface area contributed by atoms with Crippen LogP contribution in [-0.2, 0) is 23.9 Å². The molecular formula is C14H22O5. The number of hydrogen-bond acceptors (Lipinski definition) is 5. The summed E-state index contributed by atoms with van der Waals surface area (Å²) in [5, 5.41) is 0. The Bertz CT molecular complexity index is 343. The Morgan fingerprint density at radius 3 is 2.11 bits per heavy atom. The van der Waals surface area contributed by atoms with Crippen LogP contribution < -0.4 is 0 Å². The zero-order valence-electron chi connectivity index (χ0n) is 11.9. The van der Waals surface area contributed by atoms with E-state index in [2.05, 4.69) is 0 Å². The third kappa shape index (κ3) is 3.14. The van der Waals surface area contributed by atoms with Crippen molar-refractivity contribution >= 4 is 17.7 Å². The molecule has 0 bridgehead atoms. The van der Waals surface area contributed by atoms with Crippen LogP contribution in [0.3, 0.4) is 0 Å². The maximum Gasteiger partial charge on any atom is 0.323 e. The van der Waals surface area contributed by atoms with Gasteiger partial charge in [-0.25, -0.2) is 0 Å². The van der Waals surface area contributed by atoms with E-state index in [1.54, 1.807) is 13.8 Å². The van der Waals surface area contributed by atoms with E-state index >= 15 is 0 Å². The van der Waals surface area contributed by atoms with E-state index in [4.69, 9.17) is 9.47 Å². The molecule has 0 aromatic rings. The third-order valence-corrected chi connectivity index (χ3v) is 3.67. The van der Waals surface area contributed by atoms with Crippen LogP contribution in [0.5, 0.6) is 0 Å². The largest absolute Gasteiger partial charge is 0.465 e. The van der Waals surface area contributed by atoms with E-state index in [1.165, 1.54) is 0 Å². The Hall–Kier alpha value is -1.39. The summed E-state index contributed by atoms with van der Waals surface area (Å²) in [7, 11) is 0. The summed E-state index contributed by atoms with van der Waals surface area (Å²) in [5.74, 6) is -1.26. The van der Waals surface area contributed by atoms with Crippen LogP contribution in [0.4, 0.5) is 0 Å². The first-order valence-electron chi connectivity index (χ1n) is 6.89. The highest BCUT2D eigenvalue weighted by Crippen LogP contribution is 2.41. The summed E-state index contributed by atoms with van der Waals surface area (Å²) < 4.78 is 10.1. The van der Waals surface area contributed by atoms with Crippen molar-refractivity contribution < 1.29 is 23.9 Å². The van der Waals surface area contributed by atoms with Crippen LogP contribution in [-0.4, -0.2) is 30.9 Å². The van der Waals surface area contributed by atoms with Gasteiger partial charge in [0.25, 0.3) is 0 Å². The molecule has 1 fully saturated rings. The van der Waals surface area contributed by atoms with Crippen molar-refractivity contribution in [2.24, 2.45) is 11.3 Å². The normalized spacial score (nSPS) is 21.8. The summed E-state index contributed by atoms with van der Waals surface area (Å²) in [4.78, 5) is 36.1. The minimum atomic E-state index is -1.29. The van der Waals surface area contributed by atoms with Gasteiger partial charge in [-0.3, -0.25) is 14.4 Å². The van der Waals surface area contributed by atoms with Crippen molar-refractivity contribution in [3.63, 3.8) is 0 Å². The third-order valence-electron chi connectivity index (χ3n) is 3.67. The molecule has 1 aliphatic carbocycles. The van der Waals surface area contributed by atoms with Crippen LogP contribution in [0.25, 0.3) is 0 Å². The Balaban J connectivity index is 3.02. The maximum atomic E-state index is 12.2. The number of ketones is 1. The molecule has 5 nitrogen and oxygen atoms in total. The summed E-state index contributed by atoms with van der Waals surface area (Å²) in [6.07, 6.45) is 1.26. The molecular weight excluding hydrogens is 248 g/mol. The standard InChI is InChI=1S/C14H22O5/c1-4-10-9-14(8-7-11(10)15,12(16)18-5-2)13(17)19-6-3/h10H,4-9H2,1-3H3. The highest BCUT2D eigenvalue weighted by atomic mass is 16.6. The minimum Gasteiger partial charge on any atom is -0.465 e. The molecule has 1 unspecified atom stereocenters. The van der Waals surface area contributed by atoms with Crippen LogP contribution in [0.1, 0.15) is 46.5 Å². The van der Waals surface area contributed by atoms with E-state index in [-0.39, 0.29) is 44.2 Å². The summed E-state index contributed by atoms with van der Waals surface area (Å²) in [6, 6.07) is 0. The second-order valence-electron chi connectivity index (χ2n) is 4.80. The number of carbonyl (C=O) groups is 3. The maximum absolute atomic E-state index is 12.2. The van der Waals surface area contributed by atoms with Gasteiger partial charge in [0, 0.05) is 12.3 Å². The average molecular weight is 270 g/mol. The van der Waals surface area contributed by atoms with Gasteiger partial charge in [0.05, 0.1) is 13.2 Å². The van der Waals surface area contributed by atoms with Crippen molar-refractivity contribution in [3.8, 4) is 0 Å². The van der Waals surface area contributed by atoms with Crippen molar-refractivity contribution in [2.75, 3.05) is 13.2 Å². The van der Waals surface area contributed by atoms with Crippen LogP contribution in [0, 0.1) is 11.3 Å². The lowest BCUT2D eigenvalue weighted by molar-refractivity contribution is -0.176. The molecule has 0 heterocycles. The molecule has 108 valence electrons. The fourth-order valence-electron chi connectivity index (χ4n) is 2.54. The zero-order chi connectivity index (χ0) is 14.5. The summed E-state index contributed by atoms with van der Waals surface area (Å²) >= 11 is 0. The highest BCUT2D eigenvalue weighted by molar-refractivity contribution is 6.02. The predicted octanol–water partition coefficient (Wildman–Crippen LogP) is 1.88. The van der Waals surface area contributed by atoms with Gasteiger partial charge in [-0.15, -0.1) is 0 Å². The summed E-state index contributed by atoms with van der Waals surface area (Å²) in [5.41, 5.74) is -1.29. The summed E-state index contributed by atoms with van der Waals surface area (Å²) in [6.45, 7) is 5.70. The molecule has 0 radical (unpaired) electrons. The van der Waals surface area contributed by atoms with Crippen molar-refractivity contribution in [1.29, 1.82) is 0 Å². The monoisotopic (exact) mass is 270 g/mol. The first-order chi connectivity index (χ1) is 9.01. The Morgan fingerprint density at radius 2 is 1.68 bits per heavy atom. The smallest absolute Gasteiger partial charge is 0.323 e. The number of Topliss-reactive ketones (excluding diaryl/α,β-unsaturated/α-hetero) is 1. The van der Waals surface area contributed by atoms with Gasteiger partial charge >= 0.3 is 11.9 Å². The fourth-order valence-corrected chi connectivity index (χ4v) is 2.54. The van der Waals surface area contributed by atoms with E-state index in [1.807, 2.05) is 6.92 Å². The van der Waals surface area contributed by atoms with E-state index in [0.717, 1.165) is 0 Å². The predicted molar refractivity (Wildman–Crippen MR) is 68.3 cm³/mol. The molecule has 19 heavy (non-hydrogen) atoms. The van der Waals surface area contributed by atoms with E-state index < -0.39 is 17.4 Å². The molecule has 0 spiro atoms. The van der Waals surface area contributed by atoms with Gasteiger partial charge < -0.3 is 9.47 Å². The van der Waals surface area contributed by atoms with Crippen LogP contribution in [0.15, 0.2) is 0 Å². The Labute approximate surface area is 113 Å². The van der Waals surface area contributed by atoms with Crippen LogP contribution >= 0.6 is 0 Å². The first kappa shape index (κ1) is 15.7. The molecule has 1 aliphatic rings. The molecule has 0 saturated heterocycles. The van der Waals surface area contributed by atoms with E-state index in [0.29, 0.717) is 6.42 Å². The van der Waals surface area contributed by atoms with Gasteiger partial charge in [0.2, 0.25) is 0 Å². The quantitative estimate of drug-likeness (QED) is 0.563. The topological polar surface area (TPSA) is 69.7 Å². The molecule has 0 aliphatic heterocycles. The lowest BCUT2D eigenvalue weighted by atomic mass is 9.68. The van der Waals surface area contributed by atoms with Gasteiger partial charge in [0.15, 0.2) is 5.41 Å². The SMILES string of the molecule is CCOC(=O)C1(C(=O)OCC)CCC(=O)C(CC)C1. The van der Waals surface area contributed by atoms with Crippen molar-refractivity contribution in [3.05, 3.63) is 0 Å². The molecule has 1 saturated carbocycles. The molecule has 0 aromatic carbocycles. The second kappa shape index (κ2) is 6.68. The average Bonchev–Trinajstić information content (AvgIpc) is 2.40.